The highest BCUT2D eigenvalue weighted by atomic mass is 35.5. The van der Waals surface area contributed by atoms with Crippen LogP contribution in [0.15, 0.2) is 22.8 Å². The first-order valence-electron chi connectivity index (χ1n) is 2.87. The summed E-state index contributed by atoms with van der Waals surface area (Å²) < 4.78 is 0. The standard InChI is InChI=1S/C7H8Cl2/c1-5-4-6(8)2-3-7(5)9/h2-3,6H,4H2,1H3. The second-order valence-electron chi connectivity index (χ2n) is 2.21. The van der Waals surface area contributed by atoms with E-state index in [-0.39, 0.29) is 5.38 Å². The Kier molecular flexibility index (Phi) is 2.20. The fourth-order valence-electron chi connectivity index (χ4n) is 0.789. The topological polar surface area (TPSA) is 0 Å². The average Bonchev–Trinajstić information content (AvgIpc) is 1.80. The van der Waals surface area contributed by atoms with Crippen LogP contribution in [-0.4, -0.2) is 5.38 Å². The monoisotopic (exact) mass is 162 g/mol. The van der Waals surface area contributed by atoms with Gasteiger partial charge in [-0.25, -0.2) is 0 Å². The molecule has 0 spiro atoms. The van der Waals surface area contributed by atoms with Crippen LogP contribution in [0.25, 0.3) is 0 Å². The maximum absolute atomic E-state index is 5.80. The van der Waals surface area contributed by atoms with Crippen LogP contribution in [0.5, 0.6) is 0 Å². The normalized spacial score (nSPS) is 27.2. The third-order valence-electron chi connectivity index (χ3n) is 1.36. The van der Waals surface area contributed by atoms with E-state index >= 15 is 0 Å². The maximum Gasteiger partial charge on any atom is 0.0557 e. The van der Waals surface area contributed by atoms with Gasteiger partial charge in [0.2, 0.25) is 0 Å². The average molecular weight is 163 g/mol. The lowest BCUT2D eigenvalue weighted by Gasteiger charge is -2.10. The van der Waals surface area contributed by atoms with Crippen LogP contribution in [0.1, 0.15) is 13.3 Å². The SMILES string of the molecule is CC1=C(Cl)C=CC(Cl)C1. The zero-order valence-corrected chi connectivity index (χ0v) is 6.71. The number of hydrogen-bond donors (Lipinski definition) is 0. The molecule has 2 heteroatoms. The number of halogens is 2. The molecule has 1 atom stereocenters. The van der Waals surface area contributed by atoms with Crippen LogP contribution in [0.4, 0.5) is 0 Å². The molecule has 50 valence electrons. The van der Waals surface area contributed by atoms with Gasteiger partial charge in [-0.1, -0.05) is 23.3 Å². The van der Waals surface area contributed by atoms with E-state index in [4.69, 9.17) is 23.2 Å². The summed E-state index contributed by atoms with van der Waals surface area (Å²) in [5.74, 6) is 0. The van der Waals surface area contributed by atoms with Gasteiger partial charge in [0.1, 0.15) is 0 Å². The van der Waals surface area contributed by atoms with Crippen molar-refractivity contribution < 1.29 is 0 Å². The van der Waals surface area contributed by atoms with E-state index in [0.717, 1.165) is 11.5 Å². The molecule has 0 bridgehead atoms. The molecule has 0 amide bonds. The van der Waals surface area contributed by atoms with Crippen LogP contribution < -0.4 is 0 Å². The zero-order chi connectivity index (χ0) is 6.85. The molecule has 0 aromatic heterocycles. The predicted octanol–water partition coefficient (Wildman–Crippen LogP) is 3.07. The van der Waals surface area contributed by atoms with Crippen LogP contribution >= 0.6 is 23.2 Å². The summed E-state index contributed by atoms with van der Waals surface area (Å²) in [6.45, 7) is 2.00. The molecule has 0 nitrogen and oxygen atoms in total. The first-order chi connectivity index (χ1) is 4.20. The molecule has 0 fully saturated rings. The quantitative estimate of drug-likeness (QED) is 0.481. The molecule has 0 radical (unpaired) electrons. The minimum Gasteiger partial charge on any atom is -0.118 e. The summed E-state index contributed by atoms with van der Waals surface area (Å²) >= 11 is 11.6. The first-order valence-corrected chi connectivity index (χ1v) is 3.69. The number of allylic oxidation sites excluding steroid dienone is 4. The zero-order valence-electron chi connectivity index (χ0n) is 5.20. The van der Waals surface area contributed by atoms with Gasteiger partial charge in [0.25, 0.3) is 0 Å². The molecule has 0 aromatic rings. The molecule has 0 aliphatic heterocycles. The molecular weight excluding hydrogens is 155 g/mol. The Morgan fingerprint density at radius 1 is 1.67 bits per heavy atom. The Balaban J connectivity index is 2.75. The Hall–Kier alpha value is 0.0600. The van der Waals surface area contributed by atoms with E-state index in [1.807, 2.05) is 19.1 Å². The van der Waals surface area contributed by atoms with Crippen LogP contribution in [0.2, 0.25) is 0 Å². The van der Waals surface area contributed by atoms with Gasteiger partial charge in [0.15, 0.2) is 0 Å². The minimum absolute atomic E-state index is 0.146. The highest BCUT2D eigenvalue weighted by Crippen LogP contribution is 2.24. The van der Waals surface area contributed by atoms with Gasteiger partial charge in [-0.15, -0.1) is 11.6 Å². The maximum atomic E-state index is 5.80. The van der Waals surface area contributed by atoms with Gasteiger partial charge < -0.3 is 0 Å². The van der Waals surface area contributed by atoms with Crippen LogP contribution in [0.3, 0.4) is 0 Å². The smallest absolute Gasteiger partial charge is 0.0557 e. The highest BCUT2D eigenvalue weighted by Gasteiger charge is 2.08. The summed E-state index contributed by atoms with van der Waals surface area (Å²) in [5, 5.41) is 0.986. The van der Waals surface area contributed by atoms with Crippen molar-refractivity contribution in [2.45, 2.75) is 18.7 Å². The van der Waals surface area contributed by atoms with E-state index < -0.39 is 0 Å². The van der Waals surface area contributed by atoms with Crippen LogP contribution in [-0.2, 0) is 0 Å². The minimum atomic E-state index is 0.146. The lowest BCUT2D eigenvalue weighted by Crippen LogP contribution is -1.99. The van der Waals surface area contributed by atoms with Crippen LogP contribution in [0, 0.1) is 0 Å². The van der Waals surface area contributed by atoms with Gasteiger partial charge in [-0.3, -0.25) is 0 Å². The third-order valence-corrected chi connectivity index (χ3v) is 2.11. The summed E-state index contributed by atoms with van der Waals surface area (Å²) in [7, 11) is 0. The third kappa shape index (κ3) is 1.74. The molecule has 1 aliphatic carbocycles. The lowest BCUT2D eigenvalue weighted by atomic mass is 10.1. The second-order valence-corrected chi connectivity index (χ2v) is 3.18. The predicted molar refractivity (Wildman–Crippen MR) is 42.0 cm³/mol. The summed E-state index contributed by atoms with van der Waals surface area (Å²) in [6.07, 6.45) is 4.66. The van der Waals surface area contributed by atoms with Gasteiger partial charge >= 0.3 is 0 Å². The molecular formula is C7H8Cl2. The van der Waals surface area contributed by atoms with Crippen molar-refractivity contribution >= 4 is 23.2 Å². The molecule has 0 N–H and O–H groups in total. The Bertz CT molecular complexity index is 168. The van der Waals surface area contributed by atoms with Gasteiger partial charge in [-0.05, 0) is 19.4 Å². The van der Waals surface area contributed by atoms with Gasteiger partial charge in [0.05, 0.1) is 5.38 Å². The van der Waals surface area contributed by atoms with Crippen molar-refractivity contribution in [3.05, 3.63) is 22.8 Å². The van der Waals surface area contributed by atoms with Crippen molar-refractivity contribution in [2.75, 3.05) is 0 Å². The summed E-state index contributed by atoms with van der Waals surface area (Å²) in [5.41, 5.74) is 1.18. The first kappa shape index (κ1) is 7.17. The summed E-state index contributed by atoms with van der Waals surface area (Å²) in [6, 6.07) is 0. The molecule has 0 saturated carbocycles. The van der Waals surface area contributed by atoms with Crippen molar-refractivity contribution in [1.29, 1.82) is 0 Å². The summed E-state index contributed by atoms with van der Waals surface area (Å²) in [4.78, 5) is 0. The fourth-order valence-corrected chi connectivity index (χ4v) is 1.24. The van der Waals surface area contributed by atoms with Crippen molar-refractivity contribution in [3.63, 3.8) is 0 Å². The van der Waals surface area contributed by atoms with Crippen molar-refractivity contribution in [1.82, 2.24) is 0 Å². The highest BCUT2D eigenvalue weighted by molar-refractivity contribution is 6.32. The van der Waals surface area contributed by atoms with E-state index in [2.05, 4.69) is 0 Å². The van der Waals surface area contributed by atoms with E-state index in [9.17, 15) is 0 Å². The molecule has 1 unspecified atom stereocenters. The lowest BCUT2D eigenvalue weighted by molar-refractivity contribution is 0.963. The van der Waals surface area contributed by atoms with Gasteiger partial charge in [0, 0.05) is 5.03 Å². The van der Waals surface area contributed by atoms with E-state index in [1.165, 1.54) is 5.57 Å². The Labute approximate surface area is 65.2 Å². The Morgan fingerprint density at radius 3 is 2.78 bits per heavy atom. The molecule has 1 rings (SSSR count). The molecule has 1 aliphatic rings. The molecule has 0 aromatic carbocycles. The number of alkyl halides is 1. The second kappa shape index (κ2) is 2.76. The van der Waals surface area contributed by atoms with E-state index in [0.29, 0.717) is 0 Å². The fraction of sp³-hybridized carbons (Fsp3) is 0.429. The molecule has 0 saturated heterocycles. The molecule has 0 heterocycles. The van der Waals surface area contributed by atoms with Gasteiger partial charge in [-0.2, -0.15) is 0 Å². The Morgan fingerprint density at radius 2 is 2.33 bits per heavy atom. The number of rotatable bonds is 0. The largest absolute Gasteiger partial charge is 0.118 e. The van der Waals surface area contributed by atoms with Crippen molar-refractivity contribution in [3.8, 4) is 0 Å². The number of hydrogen-bond acceptors (Lipinski definition) is 0. The van der Waals surface area contributed by atoms with E-state index in [1.54, 1.807) is 0 Å². The molecule has 9 heavy (non-hydrogen) atoms. The van der Waals surface area contributed by atoms with Crippen molar-refractivity contribution in [2.24, 2.45) is 0 Å².